The van der Waals surface area contributed by atoms with Crippen molar-refractivity contribution in [2.24, 2.45) is 5.92 Å². The van der Waals surface area contributed by atoms with Gasteiger partial charge in [0.25, 0.3) is 0 Å². The highest BCUT2D eigenvalue weighted by atomic mass is 32.2. The van der Waals surface area contributed by atoms with Crippen molar-refractivity contribution in [3.05, 3.63) is 23.8 Å². The first-order valence-corrected chi connectivity index (χ1v) is 11.4. The first-order chi connectivity index (χ1) is 13.2. The summed E-state index contributed by atoms with van der Waals surface area (Å²) in [7, 11) is -3.63. The minimum absolute atomic E-state index is 0.0359. The standard InChI is InChI=1S/C20H29N3O4S/c1-14(2)12-20(25)22-9-7-17(8-10-22)21-28(26,27)18-4-5-19-16(13-18)6-11-23(19)15(3)24/h4-5,13-14,17,21H,6-12H2,1-3H3. The number of nitrogens with zero attached hydrogens (tertiary/aromatic N) is 2. The summed E-state index contributed by atoms with van der Waals surface area (Å²) in [5.74, 6) is 0.429. The van der Waals surface area contributed by atoms with Crippen LogP contribution in [-0.4, -0.2) is 50.8 Å². The summed E-state index contributed by atoms with van der Waals surface area (Å²) >= 11 is 0. The van der Waals surface area contributed by atoms with Crippen molar-refractivity contribution < 1.29 is 18.0 Å². The average Bonchev–Trinajstić information content (AvgIpc) is 3.05. The number of likely N-dealkylation sites (tertiary alicyclic amines) is 1. The molecule has 0 bridgehead atoms. The van der Waals surface area contributed by atoms with Gasteiger partial charge in [-0.15, -0.1) is 0 Å². The molecule has 0 atom stereocenters. The highest BCUT2D eigenvalue weighted by Gasteiger charge is 2.29. The van der Waals surface area contributed by atoms with Crippen LogP contribution >= 0.6 is 0 Å². The van der Waals surface area contributed by atoms with Crippen molar-refractivity contribution in [2.45, 2.75) is 57.4 Å². The first-order valence-electron chi connectivity index (χ1n) is 9.88. The number of nitrogens with one attached hydrogen (secondary N) is 1. The molecular weight excluding hydrogens is 378 g/mol. The Balaban J connectivity index is 1.63. The number of hydrogen-bond acceptors (Lipinski definition) is 4. The summed E-state index contributed by atoms with van der Waals surface area (Å²) in [6.07, 6.45) is 2.43. The Morgan fingerprint density at radius 3 is 2.46 bits per heavy atom. The van der Waals surface area contributed by atoms with Crippen molar-refractivity contribution in [3.63, 3.8) is 0 Å². The third-order valence-electron chi connectivity index (χ3n) is 5.39. The molecule has 0 radical (unpaired) electrons. The summed E-state index contributed by atoms with van der Waals surface area (Å²) in [6.45, 7) is 7.30. The normalized spacial score (nSPS) is 17.9. The van der Waals surface area contributed by atoms with Gasteiger partial charge < -0.3 is 9.80 Å². The molecule has 1 aromatic carbocycles. The zero-order valence-electron chi connectivity index (χ0n) is 16.8. The van der Waals surface area contributed by atoms with Crippen LogP contribution in [0.2, 0.25) is 0 Å². The topological polar surface area (TPSA) is 86.8 Å². The lowest BCUT2D eigenvalue weighted by Crippen LogP contribution is -2.46. The van der Waals surface area contributed by atoms with E-state index in [0.717, 1.165) is 11.3 Å². The van der Waals surface area contributed by atoms with Crippen molar-refractivity contribution in [1.82, 2.24) is 9.62 Å². The highest BCUT2D eigenvalue weighted by Crippen LogP contribution is 2.30. The van der Waals surface area contributed by atoms with Crippen LogP contribution in [0.25, 0.3) is 0 Å². The Labute approximate surface area is 167 Å². The minimum Gasteiger partial charge on any atom is -0.343 e. The summed E-state index contributed by atoms with van der Waals surface area (Å²) in [5, 5.41) is 0. The second-order valence-corrected chi connectivity index (χ2v) is 9.80. The number of rotatable bonds is 5. The van der Waals surface area contributed by atoms with E-state index in [9.17, 15) is 18.0 Å². The molecule has 1 fully saturated rings. The Morgan fingerprint density at radius 1 is 1.18 bits per heavy atom. The van der Waals surface area contributed by atoms with Gasteiger partial charge in [-0.25, -0.2) is 13.1 Å². The lowest BCUT2D eigenvalue weighted by Gasteiger charge is -2.32. The predicted octanol–water partition coefficient (Wildman–Crippen LogP) is 1.91. The van der Waals surface area contributed by atoms with Gasteiger partial charge in [0.15, 0.2) is 0 Å². The first kappa shape index (κ1) is 20.8. The third kappa shape index (κ3) is 4.55. The SMILES string of the molecule is CC(=O)N1CCc2cc(S(=O)(=O)NC3CCN(C(=O)CC(C)C)CC3)ccc21. The van der Waals surface area contributed by atoms with Gasteiger partial charge in [-0.3, -0.25) is 9.59 Å². The Morgan fingerprint density at radius 2 is 1.86 bits per heavy atom. The molecule has 1 aromatic rings. The predicted molar refractivity (Wildman–Crippen MR) is 108 cm³/mol. The van der Waals surface area contributed by atoms with Crippen LogP contribution in [0.15, 0.2) is 23.1 Å². The molecular formula is C20H29N3O4S. The molecule has 2 amide bonds. The molecule has 0 aromatic heterocycles. The van der Waals surface area contributed by atoms with E-state index >= 15 is 0 Å². The fraction of sp³-hybridized carbons (Fsp3) is 0.600. The number of carbonyl (C=O) groups excluding carboxylic acids is 2. The number of hydrogen-bond donors (Lipinski definition) is 1. The van der Waals surface area contributed by atoms with Gasteiger partial charge in [-0.05, 0) is 48.9 Å². The van der Waals surface area contributed by atoms with E-state index in [1.54, 1.807) is 23.1 Å². The van der Waals surface area contributed by atoms with Gasteiger partial charge in [-0.2, -0.15) is 0 Å². The molecule has 8 heteroatoms. The molecule has 0 aliphatic carbocycles. The van der Waals surface area contributed by atoms with Crippen LogP contribution in [0.1, 0.15) is 45.6 Å². The maximum Gasteiger partial charge on any atom is 0.240 e. The number of sulfonamides is 1. The maximum atomic E-state index is 12.8. The molecule has 154 valence electrons. The summed E-state index contributed by atoms with van der Waals surface area (Å²) in [4.78, 5) is 27.5. The molecule has 2 heterocycles. The molecule has 2 aliphatic rings. The number of benzene rings is 1. The Kier molecular flexibility index (Phi) is 6.09. The van der Waals surface area contributed by atoms with Crippen molar-refractivity contribution in [2.75, 3.05) is 24.5 Å². The van der Waals surface area contributed by atoms with Gasteiger partial charge in [0.2, 0.25) is 21.8 Å². The molecule has 7 nitrogen and oxygen atoms in total. The maximum absolute atomic E-state index is 12.8. The van der Waals surface area contributed by atoms with Crippen LogP contribution in [0.4, 0.5) is 5.69 Å². The molecule has 0 spiro atoms. The lowest BCUT2D eigenvalue weighted by molar-refractivity contribution is -0.133. The third-order valence-corrected chi connectivity index (χ3v) is 6.91. The monoisotopic (exact) mass is 407 g/mol. The second kappa shape index (κ2) is 8.21. The smallest absolute Gasteiger partial charge is 0.240 e. The molecule has 1 saturated heterocycles. The van der Waals surface area contributed by atoms with E-state index < -0.39 is 10.0 Å². The van der Waals surface area contributed by atoms with E-state index in [-0.39, 0.29) is 22.8 Å². The number of piperidine rings is 1. The van der Waals surface area contributed by atoms with E-state index in [1.165, 1.54) is 6.92 Å². The molecule has 2 aliphatic heterocycles. The fourth-order valence-corrected chi connectivity index (χ4v) is 5.24. The van der Waals surface area contributed by atoms with E-state index in [0.29, 0.717) is 51.2 Å². The number of amides is 2. The van der Waals surface area contributed by atoms with E-state index in [1.807, 2.05) is 18.7 Å². The highest BCUT2D eigenvalue weighted by molar-refractivity contribution is 7.89. The number of anilines is 1. The van der Waals surface area contributed by atoms with Crippen molar-refractivity contribution in [3.8, 4) is 0 Å². The molecule has 0 saturated carbocycles. The van der Waals surface area contributed by atoms with Gasteiger partial charge in [0, 0.05) is 44.7 Å². The number of fused-ring (bicyclic) bond motifs is 1. The van der Waals surface area contributed by atoms with Crippen molar-refractivity contribution >= 4 is 27.5 Å². The lowest BCUT2D eigenvalue weighted by atomic mass is 10.0. The van der Waals surface area contributed by atoms with Gasteiger partial charge in [0.05, 0.1) is 4.90 Å². The second-order valence-electron chi connectivity index (χ2n) is 8.09. The van der Waals surface area contributed by atoms with Crippen LogP contribution < -0.4 is 9.62 Å². The fourth-order valence-electron chi connectivity index (χ4n) is 3.88. The molecule has 1 N–H and O–H groups in total. The molecule has 3 rings (SSSR count). The molecule has 0 unspecified atom stereocenters. The zero-order chi connectivity index (χ0) is 20.5. The van der Waals surface area contributed by atoms with Crippen LogP contribution in [-0.2, 0) is 26.0 Å². The van der Waals surface area contributed by atoms with Crippen LogP contribution in [0.3, 0.4) is 0 Å². The van der Waals surface area contributed by atoms with Gasteiger partial charge >= 0.3 is 0 Å². The van der Waals surface area contributed by atoms with Gasteiger partial charge in [-0.1, -0.05) is 13.8 Å². The molecule has 28 heavy (non-hydrogen) atoms. The van der Waals surface area contributed by atoms with E-state index in [4.69, 9.17) is 0 Å². The van der Waals surface area contributed by atoms with Crippen molar-refractivity contribution in [1.29, 1.82) is 0 Å². The quantitative estimate of drug-likeness (QED) is 0.808. The summed E-state index contributed by atoms with van der Waals surface area (Å²) < 4.78 is 28.4. The summed E-state index contributed by atoms with van der Waals surface area (Å²) in [6, 6.07) is 4.77. The van der Waals surface area contributed by atoms with Crippen LogP contribution in [0.5, 0.6) is 0 Å². The minimum atomic E-state index is -3.63. The largest absolute Gasteiger partial charge is 0.343 e. The Bertz CT molecular complexity index is 858. The number of carbonyl (C=O) groups is 2. The van der Waals surface area contributed by atoms with E-state index in [2.05, 4.69) is 4.72 Å². The van der Waals surface area contributed by atoms with Gasteiger partial charge in [0.1, 0.15) is 0 Å². The van der Waals surface area contributed by atoms with Crippen LogP contribution in [0, 0.1) is 5.92 Å². The zero-order valence-corrected chi connectivity index (χ0v) is 17.6. The average molecular weight is 408 g/mol. The summed E-state index contributed by atoms with van der Waals surface area (Å²) in [5.41, 5.74) is 1.68. The Hall–Kier alpha value is -1.93.